The van der Waals surface area contributed by atoms with Gasteiger partial charge in [0.05, 0.1) is 35.2 Å². The molecule has 0 spiro atoms. The Morgan fingerprint density at radius 1 is 1.23 bits per heavy atom. The summed E-state index contributed by atoms with van der Waals surface area (Å²) in [6, 6.07) is 1.75. The lowest BCUT2D eigenvalue weighted by Crippen LogP contribution is -2.28. The van der Waals surface area contributed by atoms with Gasteiger partial charge in [0, 0.05) is 41.7 Å². The van der Waals surface area contributed by atoms with Crippen molar-refractivity contribution in [2.75, 3.05) is 23.7 Å². The third kappa shape index (κ3) is 5.30. The largest absolute Gasteiger partial charge is 0.389 e. The number of nitrogens with one attached hydrogen (secondary N) is 1. The molecule has 3 N–H and O–H groups in total. The lowest BCUT2D eigenvalue weighted by molar-refractivity contribution is 0.134. The number of hydrogen-bond acceptors (Lipinski definition) is 8. The number of anilines is 2. The molecule has 0 aliphatic carbocycles. The second kappa shape index (κ2) is 12.4. The number of thiophene rings is 1. The van der Waals surface area contributed by atoms with E-state index in [1.54, 1.807) is 0 Å². The van der Waals surface area contributed by atoms with Gasteiger partial charge in [0.1, 0.15) is 11.1 Å². The first-order chi connectivity index (χ1) is 19.4. The van der Waals surface area contributed by atoms with Gasteiger partial charge in [-0.2, -0.15) is 5.26 Å². The van der Waals surface area contributed by atoms with Crippen molar-refractivity contribution in [1.29, 1.82) is 5.26 Å². The number of ether oxygens (including phenoxy) is 1. The number of benzene rings is 1. The summed E-state index contributed by atoms with van der Waals surface area (Å²) in [7, 11) is 2.83. The molecule has 0 saturated carbocycles. The van der Waals surface area contributed by atoms with Crippen LogP contribution in [0.5, 0.6) is 0 Å². The van der Waals surface area contributed by atoms with Crippen LogP contribution in [-0.2, 0) is 18.0 Å². The number of rotatable bonds is 6. The quantitative estimate of drug-likeness (QED) is 0.255. The molecule has 3 atom stereocenters. The van der Waals surface area contributed by atoms with E-state index in [0.717, 1.165) is 69.7 Å². The third-order valence-electron chi connectivity index (χ3n) is 8.00. The number of nitrogens with two attached hydrogens (primary N) is 1. The second-order valence-corrected chi connectivity index (χ2v) is 12.5. The van der Waals surface area contributed by atoms with Crippen molar-refractivity contribution < 1.29 is 9.13 Å². The van der Waals surface area contributed by atoms with Crippen LogP contribution in [0.3, 0.4) is 0 Å². The highest BCUT2D eigenvalue weighted by Gasteiger charge is 2.35. The van der Waals surface area contributed by atoms with Crippen molar-refractivity contribution in [2.24, 2.45) is 5.92 Å². The maximum Gasteiger partial charge on any atom is 0.225 e. The van der Waals surface area contributed by atoms with Crippen LogP contribution in [0.25, 0.3) is 16.7 Å². The standard InChI is InChI=1S/C23H22FN6OPS.C7H16/c1-10-2-3-30(7-10)23-28-5-12-13-8-31-9-14(13)16(20(32)18(12)29-23)19-17-11(4-25)22(26)33-21(17)15(24)6-27-19;1-3-5-7-6-4-2/h5-6,10,19,27H,2-3,7-9,26,32H2,1H3;3-7H2,1-2H3. The fraction of sp³-hybridized carbons (Fsp3) is 0.500. The van der Waals surface area contributed by atoms with E-state index in [9.17, 15) is 9.65 Å². The van der Waals surface area contributed by atoms with Gasteiger partial charge in [0.2, 0.25) is 5.95 Å². The molecule has 212 valence electrons. The molecule has 7 nitrogen and oxygen atoms in total. The number of fused-ring (bicyclic) bond motifs is 4. The molecule has 5 heterocycles. The van der Waals surface area contributed by atoms with Gasteiger partial charge in [-0.05, 0) is 29.0 Å². The second-order valence-electron chi connectivity index (χ2n) is 10.9. The van der Waals surface area contributed by atoms with Crippen LogP contribution < -0.4 is 21.3 Å². The molecular weight excluding hydrogens is 542 g/mol. The van der Waals surface area contributed by atoms with Gasteiger partial charge in [-0.3, -0.25) is 0 Å². The zero-order valence-electron chi connectivity index (χ0n) is 23.5. The van der Waals surface area contributed by atoms with Crippen LogP contribution in [-0.4, -0.2) is 23.1 Å². The predicted molar refractivity (Wildman–Crippen MR) is 165 cm³/mol. The molecule has 1 saturated heterocycles. The van der Waals surface area contributed by atoms with Crippen molar-refractivity contribution in [1.82, 2.24) is 15.3 Å². The lowest BCUT2D eigenvalue weighted by atomic mass is 9.88. The van der Waals surface area contributed by atoms with Gasteiger partial charge in [-0.15, -0.1) is 20.6 Å². The fourth-order valence-corrected chi connectivity index (χ4v) is 7.36. The summed E-state index contributed by atoms with van der Waals surface area (Å²) in [6.45, 7) is 9.52. The van der Waals surface area contributed by atoms with Crippen LogP contribution in [0, 0.1) is 17.2 Å². The Labute approximate surface area is 242 Å². The molecule has 6 rings (SSSR count). The Morgan fingerprint density at radius 3 is 2.65 bits per heavy atom. The number of aromatic nitrogens is 2. The number of halogens is 1. The van der Waals surface area contributed by atoms with Crippen LogP contribution in [0.15, 0.2) is 12.4 Å². The molecule has 0 amide bonds. The van der Waals surface area contributed by atoms with Crippen LogP contribution in [0.2, 0.25) is 0 Å². The van der Waals surface area contributed by atoms with Crippen LogP contribution >= 0.6 is 20.6 Å². The third-order valence-corrected chi connectivity index (χ3v) is 9.63. The molecule has 3 aliphatic rings. The molecule has 3 aliphatic heterocycles. The van der Waals surface area contributed by atoms with Crippen molar-refractivity contribution in [2.45, 2.75) is 78.6 Å². The molecular formula is C30H38FN6OPS. The summed E-state index contributed by atoms with van der Waals surface area (Å²) in [5.74, 6) is 0.927. The molecule has 40 heavy (non-hydrogen) atoms. The topological polar surface area (TPSA) is 100 Å². The molecule has 1 aromatic carbocycles. The SMILES string of the molecule is CC1CCN(c2ncc3c4c(c(C5NC=C(F)c6sc(N)c(C#N)c65)c(P)c3n2)COC4)C1.CCCCCCC. The van der Waals surface area contributed by atoms with Gasteiger partial charge in [0.15, 0.2) is 5.83 Å². The first-order valence-electron chi connectivity index (χ1n) is 14.3. The molecule has 2 aromatic heterocycles. The van der Waals surface area contributed by atoms with Gasteiger partial charge in [-0.1, -0.05) is 52.9 Å². The van der Waals surface area contributed by atoms with Crippen molar-refractivity contribution >= 4 is 53.6 Å². The molecule has 3 aromatic rings. The average Bonchev–Trinajstić information content (AvgIpc) is 3.69. The summed E-state index contributed by atoms with van der Waals surface area (Å²) in [5.41, 5.74) is 10.9. The van der Waals surface area contributed by atoms with Crippen LogP contribution in [0.4, 0.5) is 15.3 Å². The lowest BCUT2D eigenvalue weighted by Gasteiger charge is -2.27. The highest BCUT2D eigenvalue weighted by atomic mass is 32.1. The monoisotopic (exact) mass is 580 g/mol. The highest BCUT2D eigenvalue weighted by molar-refractivity contribution is 7.28. The Bertz CT molecular complexity index is 1480. The number of nitrogen functional groups attached to an aromatic ring is 1. The van der Waals surface area contributed by atoms with Gasteiger partial charge >= 0.3 is 0 Å². The molecule has 10 heteroatoms. The number of nitrogens with zero attached hydrogens (tertiary/aromatic N) is 4. The zero-order chi connectivity index (χ0) is 28.4. The smallest absolute Gasteiger partial charge is 0.225 e. The minimum atomic E-state index is -0.430. The van der Waals surface area contributed by atoms with E-state index in [1.165, 1.54) is 38.3 Å². The summed E-state index contributed by atoms with van der Waals surface area (Å²) < 4.78 is 20.5. The molecule has 3 unspecified atom stereocenters. The Morgan fingerprint density at radius 2 is 1.98 bits per heavy atom. The van der Waals surface area contributed by atoms with E-state index in [1.807, 2.05) is 6.20 Å². The number of unbranched alkanes of at least 4 members (excludes halogenated alkanes) is 4. The summed E-state index contributed by atoms with van der Waals surface area (Å²) in [4.78, 5) is 12.3. The normalized spacial score (nSPS) is 19.4. The molecule has 1 fully saturated rings. The van der Waals surface area contributed by atoms with E-state index < -0.39 is 11.9 Å². The fourth-order valence-electron chi connectivity index (χ4n) is 5.84. The summed E-state index contributed by atoms with van der Waals surface area (Å²) in [5, 5.41) is 15.2. The maximum absolute atomic E-state index is 14.7. The molecule has 0 bridgehead atoms. The average molecular weight is 581 g/mol. The Balaban J connectivity index is 0.000000411. The first-order valence-corrected chi connectivity index (χ1v) is 15.7. The number of hydrogen-bond donors (Lipinski definition) is 2. The predicted octanol–water partition coefficient (Wildman–Crippen LogP) is 6.46. The van der Waals surface area contributed by atoms with Crippen molar-refractivity contribution in [3.05, 3.63) is 45.1 Å². The zero-order valence-corrected chi connectivity index (χ0v) is 25.5. The van der Waals surface area contributed by atoms with Gasteiger partial charge < -0.3 is 20.7 Å². The van der Waals surface area contributed by atoms with E-state index in [0.29, 0.717) is 40.1 Å². The molecule has 0 radical (unpaired) electrons. The minimum Gasteiger partial charge on any atom is -0.389 e. The van der Waals surface area contributed by atoms with E-state index in [-0.39, 0.29) is 0 Å². The Kier molecular flexibility index (Phi) is 8.89. The highest BCUT2D eigenvalue weighted by Crippen LogP contribution is 2.46. The summed E-state index contributed by atoms with van der Waals surface area (Å²) in [6.07, 6.45) is 11.4. The van der Waals surface area contributed by atoms with Gasteiger partial charge in [-0.25, -0.2) is 14.4 Å². The first kappa shape index (κ1) is 28.7. The van der Waals surface area contributed by atoms with E-state index in [4.69, 9.17) is 15.5 Å². The number of nitriles is 1. The summed E-state index contributed by atoms with van der Waals surface area (Å²) >= 11 is 1.11. The maximum atomic E-state index is 14.7. The minimum absolute atomic E-state index is 0.322. The van der Waals surface area contributed by atoms with E-state index in [2.05, 4.69) is 51.3 Å². The van der Waals surface area contributed by atoms with Crippen molar-refractivity contribution in [3.63, 3.8) is 0 Å². The van der Waals surface area contributed by atoms with Gasteiger partial charge in [0.25, 0.3) is 0 Å². The van der Waals surface area contributed by atoms with Crippen LogP contribution in [0.1, 0.15) is 98.0 Å². The Hall–Kier alpha value is -2.79. The van der Waals surface area contributed by atoms with E-state index >= 15 is 0 Å². The van der Waals surface area contributed by atoms with Crippen molar-refractivity contribution in [3.8, 4) is 6.07 Å².